The quantitative estimate of drug-likeness (QED) is 0.879. The van der Waals surface area contributed by atoms with E-state index in [1.165, 1.54) is 16.7 Å². The van der Waals surface area contributed by atoms with Crippen molar-refractivity contribution in [1.29, 1.82) is 0 Å². The molecule has 0 amide bonds. The van der Waals surface area contributed by atoms with Crippen LogP contribution in [0.1, 0.15) is 45.2 Å². The van der Waals surface area contributed by atoms with Gasteiger partial charge < -0.3 is 9.84 Å². The molecule has 0 radical (unpaired) electrons. The van der Waals surface area contributed by atoms with Gasteiger partial charge in [-0.2, -0.15) is 0 Å². The summed E-state index contributed by atoms with van der Waals surface area (Å²) in [5.74, 6) is 1.38. The van der Waals surface area contributed by atoms with Crippen LogP contribution < -0.4 is 4.74 Å². The Labute approximate surface area is 115 Å². The first-order valence-electron chi connectivity index (χ1n) is 7.00. The Kier molecular flexibility index (Phi) is 2.59. The van der Waals surface area contributed by atoms with Gasteiger partial charge >= 0.3 is 0 Å². The predicted molar refractivity (Wildman–Crippen MR) is 77.3 cm³/mol. The summed E-state index contributed by atoms with van der Waals surface area (Å²) in [6.45, 7) is 8.81. The van der Waals surface area contributed by atoms with Crippen LogP contribution in [0, 0.1) is 5.92 Å². The lowest BCUT2D eigenvalue weighted by Crippen LogP contribution is -2.28. The number of rotatable bonds is 2. The van der Waals surface area contributed by atoms with Gasteiger partial charge in [0.05, 0.1) is 0 Å². The van der Waals surface area contributed by atoms with E-state index in [1.54, 1.807) is 0 Å². The highest BCUT2D eigenvalue weighted by Gasteiger charge is 2.50. The molecule has 1 fully saturated rings. The van der Waals surface area contributed by atoms with Crippen molar-refractivity contribution < 1.29 is 9.84 Å². The van der Waals surface area contributed by atoms with E-state index in [0.29, 0.717) is 5.92 Å². The minimum absolute atomic E-state index is 0.131. The standard InChI is InChI=1S/C17H22O2/c1-11-8-16(2,3)19-15-7-12(5-6-14(11)15)17(4)9-13(17)10-18/h5-8,13,18H,9-10H2,1-4H3. The van der Waals surface area contributed by atoms with Gasteiger partial charge in [0, 0.05) is 12.2 Å². The molecule has 19 heavy (non-hydrogen) atoms. The van der Waals surface area contributed by atoms with Crippen LogP contribution in [0.3, 0.4) is 0 Å². The topological polar surface area (TPSA) is 29.5 Å². The Morgan fingerprint density at radius 1 is 1.32 bits per heavy atom. The minimum atomic E-state index is -0.240. The second-order valence-electron chi connectivity index (χ2n) is 6.74. The zero-order valence-corrected chi connectivity index (χ0v) is 12.2. The second-order valence-corrected chi connectivity index (χ2v) is 6.74. The number of hydrogen-bond acceptors (Lipinski definition) is 2. The minimum Gasteiger partial charge on any atom is -0.483 e. The summed E-state index contributed by atoms with van der Waals surface area (Å²) in [6.07, 6.45) is 3.24. The maximum Gasteiger partial charge on any atom is 0.128 e. The van der Waals surface area contributed by atoms with Gasteiger partial charge in [0.2, 0.25) is 0 Å². The Morgan fingerprint density at radius 2 is 2.05 bits per heavy atom. The molecule has 0 spiro atoms. The molecule has 102 valence electrons. The van der Waals surface area contributed by atoms with Crippen molar-refractivity contribution >= 4 is 5.57 Å². The molecular weight excluding hydrogens is 236 g/mol. The zero-order chi connectivity index (χ0) is 13.8. The van der Waals surface area contributed by atoms with Gasteiger partial charge in [-0.15, -0.1) is 0 Å². The van der Waals surface area contributed by atoms with Crippen molar-refractivity contribution in [2.75, 3.05) is 6.61 Å². The lowest BCUT2D eigenvalue weighted by Gasteiger charge is -2.31. The highest BCUT2D eigenvalue weighted by atomic mass is 16.5. The number of aliphatic hydroxyl groups excluding tert-OH is 1. The first-order valence-corrected chi connectivity index (χ1v) is 7.00. The molecule has 3 rings (SSSR count). The Balaban J connectivity index is 2.00. The van der Waals surface area contributed by atoms with Crippen molar-refractivity contribution in [1.82, 2.24) is 0 Å². The maximum absolute atomic E-state index is 9.33. The van der Waals surface area contributed by atoms with E-state index in [1.807, 2.05) is 0 Å². The van der Waals surface area contributed by atoms with Gasteiger partial charge in [0.25, 0.3) is 0 Å². The average molecular weight is 258 g/mol. The summed E-state index contributed by atoms with van der Waals surface area (Å²) in [5, 5.41) is 9.33. The normalized spacial score (nSPS) is 31.2. The van der Waals surface area contributed by atoms with E-state index in [9.17, 15) is 5.11 Å². The van der Waals surface area contributed by atoms with Crippen LogP contribution in [-0.4, -0.2) is 17.3 Å². The molecule has 2 heteroatoms. The Morgan fingerprint density at radius 3 is 2.68 bits per heavy atom. The van der Waals surface area contributed by atoms with Crippen molar-refractivity contribution in [3.05, 3.63) is 35.4 Å². The van der Waals surface area contributed by atoms with E-state index in [4.69, 9.17) is 4.74 Å². The van der Waals surface area contributed by atoms with E-state index in [2.05, 4.69) is 52.0 Å². The third kappa shape index (κ3) is 1.99. The number of benzene rings is 1. The lowest BCUT2D eigenvalue weighted by molar-refractivity contribution is 0.157. The van der Waals surface area contributed by atoms with Crippen LogP contribution in [0.2, 0.25) is 0 Å². The maximum atomic E-state index is 9.33. The van der Waals surface area contributed by atoms with Gasteiger partial charge in [0.15, 0.2) is 0 Å². The van der Waals surface area contributed by atoms with Crippen molar-refractivity contribution in [3.8, 4) is 5.75 Å². The molecule has 1 aromatic carbocycles. The molecule has 2 atom stereocenters. The molecule has 0 saturated heterocycles. The highest BCUT2D eigenvalue weighted by molar-refractivity contribution is 5.72. The molecule has 1 aromatic rings. The summed E-state index contributed by atoms with van der Waals surface area (Å²) in [7, 11) is 0. The fourth-order valence-corrected chi connectivity index (χ4v) is 3.27. The van der Waals surface area contributed by atoms with Gasteiger partial charge in [-0.05, 0) is 61.8 Å². The zero-order valence-electron chi connectivity index (χ0n) is 12.2. The molecule has 0 aromatic heterocycles. The van der Waals surface area contributed by atoms with Gasteiger partial charge in [-0.3, -0.25) is 0 Å². The van der Waals surface area contributed by atoms with Gasteiger partial charge in [-0.1, -0.05) is 19.1 Å². The third-order valence-corrected chi connectivity index (χ3v) is 4.63. The molecule has 1 heterocycles. The number of allylic oxidation sites excluding steroid dienone is 1. The van der Waals surface area contributed by atoms with E-state index < -0.39 is 0 Å². The largest absolute Gasteiger partial charge is 0.483 e. The first kappa shape index (κ1) is 12.7. The van der Waals surface area contributed by atoms with Crippen molar-refractivity contribution in [2.45, 2.75) is 45.1 Å². The van der Waals surface area contributed by atoms with Crippen LogP contribution in [0.15, 0.2) is 24.3 Å². The van der Waals surface area contributed by atoms with E-state index >= 15 is 0 Å². The summed E-state index contributed by atoms with van der Waals surface area (Å²) >= 11 is 0. The Hall–Kier alpha value is -1.28. The summed E-state index contributed by atoms with van der Waals surface area (Å²) < 4.78 is 6.08. The SMILES string of the molecule is CC1=CC(C)(C)Oc2cc(C3(C)CC3CO)ccc21. The number of hydrogen-bond donors (Lipinski definition) is 1. The molecule has 2 nitrogen and oxygen atoms in total. The fraction of sp³-hybridized carbons (Fsp3) is 0.529. The number of ether oxygens (including phenoxy) is 1. The molecular formula is C17H22O2. The second kappa shape index (κ2) is 3.86. The third-order valence-electron chi connectivity index (χ3n) is 4.63. The molecule has 0 bridgehead atoms. The molecule has 1 aliphatic carbocycles. The molecule has 2 unspecified atom stereocenters. The van der Waals surface area contributed by atoms with E-state index in [0.717, 1.165) is 12.2 Å². The molecule has 1 N–H and O–H groups in total. The van der Waals surface area contributed by atoms with Gasteiger partial charge in [-0.25, -0.2) is 0 Å². The van der Waals surface area contributed by atoms with E-state index in [-0.39, 0.29) is 17.6 Å². The van der Waals surface area contributed by atoms with Crippen molar-refractivity contribution in [2.24, 2.45) is 5.92 Å². The fourth-order valence-electron chi connectivity index (χ4n) is 3.27. The van der Waals surface area contributed by atoms with Crippen molar-refractivity contribution in [3.63, 3.8) is 0 Å². The smallest absolute Gasteiger partial charge is 0.128 e. The summed E-state index contributed by atoms with van der Waals surface area (Å²) in [4.78, 5) is 0. The Bertz CT molecular complexity index is 556. The molecule has 1 aliphatic heterocycles. The monoisotopic (exact) mass is 258 g/mol. The van der Waals surface area contributed by atoms with Crippen LogP contribution in [0.5, 0.6) is 5.75 Å². The number of aliphatic hydroxyl groups is 1. The van der Waals surface area contributed by atoms with Crippen LogP contribution in [-0.2, 0) is 5.41 Å². The van der Waals surface area contributed by atoms with Crippen LogP contribution in [0.25, 0.3) is 5.57 Å². The van der Waals surface area contributed by atoms with Crippen LogP contribution >= 0.6 is 0 Å². The lowest BCUT2D eigenvalue weighted by atomic mass is 9.90. The molecule has 1 saturated carbocycles. The van der Waals surface area contributed by atoms with Gasteiger partial charge in [0.1, 0.15) is 11.4 Å². The predicted octanol–water partition coefficient (Wildman–Crippen LogP) is 3.53. The first-order chi connectivity index (χ1) is 8.86. The highest BCUT2D eigenvalue weighted by Crippen LogP contribution is 2.54. The average Bonchev–Trinajstić information content (AvgIpc) is 3.00. The van der Waals surface area contributed by atoms with Crippen LogP contribution in [0.4, 0.5) is 0 Å². The summed E-state index contributed by atoms with van der Waals surface area (Å²) in [5.41, 5.74) is 3.64. The molecule has 2 aliphatic rings. The summed E-state index contributed by atoms with van der Waals surface area (Å²) in [6, 6.07) is 6.51. The number of fused-ring (bicyclic) bond motifs is 1.